The summed E-state index contributed by atoms with van der Waals surface area (Å²) in [5.41, 5.74) is 1.35. The third-order valence-corrected chi connectivity index (χ3v) is 1.80. The van der Waals surface area contributed by atoms with Gasteiger partial charge in [-0.25, -0.2) is 4.39 Å². The zero-order valence-electron chi connectivity index (χ0n) is 7.92. The van der Waals surface area contributed by atoms with E-state index in [1.807, 2.05) is 0 Å². The lowest BCUT2D eigenvalue weighted by Crippen LogP contribution is -2.10. The summed E-state index contributed by atoms with van der Waals surface area (Å²) >= 11 is 0. The number of amides is 1. The van der Waals surface area contributed by atoms with E-state index >= 15 is 0 Å². The van der Waals surface area contributed by atoms with E-state index < -0.39 is 0 Å². The van der Waals surface area contributed by atoms with Crippen molar-refractivity contribution < 1.29 is 13.9 Å². The maximum Gasteiger partial charge on any atom is 0.207 e. The smallest absolute Gasteiger partial charge is 0.207 e. The molecule has 1 N–H and O–H groups in total. The van der Waals surface area contributed by atoms with E-state index in [-0.39, 0.29) is 12.4 Å². The van der Waals surface area contributed by atoms with Crippen LogP contribution in [0.15, 0.2) is 18.2 Å². The minimum Gasteiger partial charge on any atom is -0.380 e. The standard InChI is InChI=1S/C10H12FNO2/c1-14-6-9-4-8(5-12-7-13)2-3-10(9)11/h2-4,7H,5-6H2,1H3,(H,12,13). The molecule has 0 saturated carbocycles. The number of halogens is 1. The number of hydrogen-bond acceptors (Lipinski definition) is 2. The first-order valence-electron chi connectivity index (χ1n) is 4.21. The summed E-state index contributed by atoms with van der Waals surface area (Å²) in [6.07, 6.45) is 0.610. The zero-order chi connectivity index (χ0) is 10.4. The van der Waals surface area contributed by atoms with Crippen molar-refractivity contribution in [1.29, 1.82) is 0 Å². The maximum absolute atomic E-state index is 13.1. The van der Waals surface area contributed by atoms with Crippen molar-refractivity contribution >= 4 is 6.41 Å². The van der Waals surface area contributed by atoms with Crippen LogP contribution in [0.4, 0.5) is 4.39 Å². The normalized spacial score (nSPS) is 9.86. The van der Waals surface area contributed by atoms with Crippen LogP contribution in [0.1, 0.15) is 11.1 Å². The van der Waals surface area contributed by atoms with Gasteiger partial charge in [-0.15, -0.1) is 0 Å². The van der Waals surface area contributed by atoms with Crippen LogP contribution in [-0.4, -0.2) is 13.5 Å². The van der Waals surface area contributed by atoms with E-state index in [9.17, 15) is 9.18 Å². The third kappa shape index (κ3) is 2.81. The molecule has 0 aromatic heterocycles. The van der Waals surface area contributed by atoms with Gasteiger partial charge in [0.2, 0.25) is 6.41 Å². The molecule has 0 saturated heterocycles. The van der Waals surface area contributed by atoms with Crippen LogP contribution in [0.2, 0.25) is 0 Å². The van der Waals surface area contributed by atoms with Crippen LogP contribution in [0, 0.1) is 5.82 Å². The lowest BCUT2D eigenvalue weighted by atomic mass is 10.1. The summed E-state index contributed by atoms with van der Waals surface area (Å²) in [5, 5.41) is 2.51. The Hall–Kier alpha value is -1.42. The molecule has 76 valence electrons. The van der Waals surface area contributed by atoms with Crippen LogP contribution in [-0.2, 0) is 22.7 Å². The summed E-state index contributed by atoms with van der Waals surface area (Å²) in [4.78, 5) is 10.0. The lowest BCUT2D eigenvalue weighted by molar-refractivity contribution is -0.109. The Kier molecular flexibility index (Phi) is 4.07. The van der Waals surface area contributed by atoms with Crippen LogP contribution in [0.5, 0.6) is 0 Å². The Labute approximate surface area is 81.9 Å². The van der Waals surface area contributed by atoms with Gasteiger partial charge in [-0.2, -0.15) is 0 Å². The molecule has 1 rings (SSSR count). The number of carbonyl (C=O) groups is 1. The molecule has 1 aromatic carbocycles. The number of methoxy groups -OCH3 is 1. The molecule has 0 atom stereocenters. The predicted molar refractivity (Wildman–Crippen MR) is 50.0 cm³/mol. The Balaban J connectivity index is 2.77. The molecule has 1 amide bonds. The molecule has 0 radical (unpaired) electrons. The van der Waals surface area contributed by atoms with Gasteiger partial charge in [-0.3, -0.25) is 4.79 Å². The fourth-order valence-corrected chi connectivity index (χ4v) is 1.16. The second-order valence-electron chi connectivity index (χ2n) is 2.86. The minimum atomic E-state index is -0.290. The molecule has 0 unspecified atom stereocenters. The van der Waals surface area contributed by atoms with Crippen LogP contribution >= 0.6 is 0 Å². The molecule has 14 heavy (non-hydrogen) atoms. The molecule has 0 aliphatic heterocycles. The molecule has 0 fully saturated rings. The number of carbonyl (C=O) groups excluding carboxylic acids is 1. The van der Waals surface area contributed by atoms with Crippen molar-refractivity contribution in [1.82, 2.24) is 5.32 Å². The number of ether oxygens (including phenoxy) is 1. The van der Waals surface area contributed by atoms with Gasteiger partial charge in [0.05, 0.1) is 6.61 Å². The van der Waals surface area contributed by atoms with Gasteiger partial charge in [0.15, 0.2) is 0 Å². The Morgan fingerprint density at radius 1 is 1.57 bits per heavy atom. The van der Waals surface area contributed by atoms with E-state index in [0.717, 1.165) is 5.56 Å². The zero-order valence-corrected chi connectivity index (χ0v) is 7.92. The van der Waals surface area contributed by atoms with Crippen molar-refractivity contribution in [3.8, 4) is 0 Å². The van der Waals surface area contributed by atoms with E-state index in [2.05, 4.69) is 5.32 Å². The highest BCUT2D eigenvalue weighted by Gasteiger charge is 2.02. The average molecular weight is 197 g/mol. The Bertz CT molecular complexity index is 315. The van der Waals surface area contributed by atoms with Gasteiger partial charge in [0, 0.05) is 19.2 Å². The molecule has 1 aromatic rings. The first kappa shape index (κ1) is 10.7. The van der Waals surface area contributed by atoms with Gasteiger partial charge in [0.1, 0.15) is 5.82 Å². The molecule has 3 nitrogen and oxygen atoms in total. The number of benzene rings is 1. The summed E-state index contributed by atoms with van der Waals surface area (Å²) < 4.78 is 17.9. The second kappa shape index (κ2) is 5.34. The summed E-state index contributed by atoms with van der Waals surface area (Å²) in [6, 6.07) is 4.68. The molecular formula is C10H12FNO2. The highest BCUT2D eigenvalue weighted by Crippen LogP contribution is 2.11. The quantitative estimate of drug-likeness (QED) is 0.721. The highest BCUT2D eigenvalue weighted by molar-refractivity contribution is 5.46. The van der Waals surface area contributed by atoms with Gasteiger partial charge in [-0.05, 0) is 17.7 Å². The number of hydrogen-bond donors (Lipinski definition) is 1. The van der Waals surface area contributed by atoms with E-state index in [4.69, 9.17) is 4.74 Å². The van der Waals surface area contributed by atoms with Crippen molar-refractivity contribution in [2.75, 3.05) is 7.11 Å². The van der Waals surface area contributed by atoms with Crippen LogP contribution < -0.4 is 5.32 Å². The number of nitrogens with one attached hydrogen (secondary N) is 1. The second-order valence-corrected chi connectivity index (χ2v) is 2.86. The molecule has 0 aliphatic rings. The third-order valence-electron chi connectivity index (χ3n) is 1.80. The van der Waals surface area contributed by atoms with Gasteiger partial charge >= 0.3 is 0 Å². The minimum absolute atomic E-state index is 0.237. The topological polar surface area (TPSA) is 38.3 Å². The van der Waals surface area contributed by atoms with Gasteiger partial charge in [-0.1, -0.05) is 6.07 Å². The highest BCUT2D eigenvalue weighted by atomic mass is 19.1. The van der Waals surface area contributed by atoms with Crippen molar-refractivity contribution in [2.24, 2.45) is 0 Å². The van der Waals surface area contributed by atoms with E-state index in [1.54, 1.807) is 12.1 Å². The Morgan fingerprint density at radius 2 is 2.36 bits per heavy atom. The SMILES string of the molecule is COCc1cc(CNC=O)ccc1F. The molecule has 0 spiro atoms. The largest absolute Gasteiger partial charge is 0.380 e. The molecular weight excluding hydrogens is 185 g/mol. The van der Waals surface area contributed by atoms with Crippen molar-refractivity contribution in [3.63, 3.8) is 0 Å². The van der Waals surface area contributed by atoms with Crippen LogP contribution in [0.25, 0.3) is 0 Å². The van der Waals surface area contributed by atoms with Gasteiger partial charge < -0.3 is 10.1 Å². The predicted octanol–water partition coefficient (Wildman–Crippen LogP) is 1.22. The molecule has 0 aliphatic carbocycles. The maximum atomic E-state index is 13.1. The average Bonchev–Trinajstić information content (AvgIpc) is 2.19. The van der Waals surface area contributed by atoms with Crippen molar-refractivity contribution in [3.05, 3.63) is 35.1 Å². The monoisotopic (exact) mass is 197 g/mol. The van der Waals surface area contributed by atoms with Crippen LogP contribution in [0.3, 0.4) is 0 Å². The van der Waals surface area contributed by atoms with E-state index in [1.165, 1.54) is 13.2 Å². The van der Waals surface area contributed by atoms with E-state index in [0.29, 0.717) is 18.5 Å². The fraction of sp³-hybridized carbons (Fsp3) is 0.300. The fourth-order valence-electron chi connectivity index (χ4n) is 1.16. The van der Waals surface area contributed by atoms with Gasteiger partial charge in [0.25, 0.3) is 0 Å². The molecule has 0 heterocycles. The molecule has 4 heteroatoms. The lowest BCUT2D eigenvalue weighted by Gasteiger charge is -2.05. The first-order valence-corrected chi connectivity index (χ1v) is 4.21. The number of rotatable bonds is 5. The summed E-state index contributed by atoms with van der Waals surface area (Å²) in [6.45, 7) is 0.640. The molecule has 0 bridgehead atoms. The van der Waals surface area contributed by atoms with Crippen molar-refractivity contribution in [2.45, 2.75) is 13.2 Å². The summed E-state index contributed by atoms with van der Waals surface area (Å²) in [7, 11) is 1.51. The first-order chi connectivity index (χ1) is 6.77. The Morgan fingerprint density at radius 3 is 3.00 bits per heavy atom. The summed E-state index contributed by atoms with van der Waals surface area (Å²) in [5.74, 6) is -0.290.